The van der Waals surface area contributed by atoms with E-state index < -0.39 is 0 Å². The molecule has 10 atom stereocenters. The lowest BCUT2D eigenvalue weighted by atomic mass is 9.71. The van der Waals surface area contributed by atoms with Gasteiger partial charge in [0.05, 0.1) is 0 Å². The van der Waals surface area contributed by atoms with Gasteiger partial charge in [0.1, 0.15) is 0 Å². The fourth-order valence-electron chi connectivity index (χ4n) is 16.7. The Morgan fingerprint density at radius 2 is 0.705 bits per heavy atom. The normalized spacial score (nSPS) is 41.9. The van der Waals surface area contributed by atoms with Gasteiger partial charge in [0.15, 0.2) is 0 Å². The van der Waals surface area contributed by atoms with Gasteiger partial charge in [-0.25, -0.2) is 0 Å². The van der Waals surface area contributed by atoms with E-state index in [4.69, 9.17) is 0 Å². The van der Waals surface area contributed by atoms with Crippen LogP contribution in [0.1, 0.15) is 136 Å². The van der Waals surface area contributed by atoms with Crippen LogP contribution in [0.5, 0.6) is 0 Å². The highest BCUT2D eigenvalue weighted by Crippen LogP contribution is 2.43. The van der Waals surface area contributed by atoms with E-state index in [0.717, 1.165) is 71.5 Å². The van der Waals surface area contributed by atoms with Crippen molar-refractivity contribution in [2.75, 3.05) is 132 Å². The van der Waals surface area contributed by atoms with E-state index in [-0.39, 0.29) is 0 Å². The van der Waals surface area contributed by atoms with Crippen LogP contribution in [0, 0.1) is 47.3 Å². The Hall–Kier alpha value is -0.320. The zero-order chi connectivity index (χ0) is 41.7. The smallest absolute Gasteiger partial charge is 0.0136 e. The van der Waals surface area contributed by atoms with Gasteiger partial charge in [0, 0.05) is 103 Å². The zero-order valence-corrected chi connectivity index (χ0v) is 40.7. The minimum absolute atomic E-state index is 0.947. The minimum Gasteiger partial charge on any atom is -0.306 e. The fraction of sp³-hybridized carbons (Fsp3) is 1.00. The molecule has 0 aliphatic carbocycles. The van der Waals surface area contributed by atoms with Crippen molar-refractivity contribution < 1.29 is 0 Å². The van der Waals surface area contributed by atoms with Crippen LogP contribution in [-0.4, -0.2) is 195 Å². The molecule has 0 aromatic carbocycles. The second-order valence-electron chi connectivity index (χ2n) is 24.0. The highest BCUT2D eigenvalue weighted by Gasteiger charge is 2.47. The lowest BCUT2D eigenvalue weighted by Crippen LogP contribution is -2.63. The first kappa shape index (κ1) is 45.8. The van der Waals surface area contributed by atoms with E-state index in [9.17, 15) is 0 Å². The first-order chi connectivity index (χ1) is 29.9. The lowest BCUT2D eigenvalue weighted by Gasteiger charge is -2.57. The SMILES string of the molecule is C1CCN2C[C@@H]3C[C@@H](CN4CCCC[C@@H]34)[C@H]2C1.CCCCN1CC2CC(C1)CN(CCCC)C2.CN1C[C@H]2C[C@@H](C1)[C@H]1CCCCN1C2.CN1C[C@H]2C[C@@H](C1)[C@H]1CCCN1C2. The molecule has 12 aliphatic heterocycles. The van der Waals surface area contributed by atoms with E-state index in [1.807, 2.05) is 0 Å². The number of fused-ring (bicyclic) bond motifs is 16. The Morgan fingerprint density at radius 3 is 1.13 bits per heavy atom. The second kappa shape index (κ2) is 22.0. The standard InChI is InChI=1S/C15H26N2.C15H30N2.C12H22N2.C11H20N2/c1-3-7-16-11-13-9-12(14(16)5-1)10-17-8-4-2-6-15(13)17;1-3-5-7-16-10-14-9-15(11-16)13-17(12-14)8-6-4-2;1-13-7-10-6-11(9-13)12-4-2-3-5-14(12)8-10;1-12-6-9-5-10(8-12)11-3-2-4-13(11)7-9/h12-15H,1-11H2;14-15H,3-13H2,1-2H3;10-12H,2-9H2,1H3;9-11H,2-8H2,1H3/t12-,13-,14-,15+;;10-,11+,12-;9-,10+,11-/m0.11/s1. The van der Waals surface area contributed by atoms with Crippen LogP contribution in [0.4, 0.5) is 0 Å². The molecule has 0 unspecified atom stereocenters. The van der Waals surface area contributed by atoms with Gasteiger partial charge in [0.25, 0.3) is 0 Å². The van der Waals surface area contributed by atoms with Gasteiger partial charge >= 0.3 is 0 Å². The molecule has 0 saturated carbocycles. The molecule has 8 heteroatoms. The van der Waals surface area contributed by atoms with E-state index in [1.54, 1.807) is 6.42 Å². The Labute approximate surface area is 377 Å². The number of hydrogen-bond donors (Lipinski definition) is 0. The molecule has 0 N–H and O–H groups in total. The van der Waals surface area contributed by atoms with Crippen molar-refractivity contribution in [2.45, 2.75) is 160 Å². The van der Waals surface area contributed by atoms with Gasteiger partial charge in [-0.15, -0.1) is 0 Å². The molecule has 0 spiro atoms. The Bertz CT molecular complexity index is 1250. The molecular formula is C53H98N8. The molecule has 0 aromatic rings. The maximum Gasteiger partial charge on any atom is 0.0136 e. The maximum atomic E-state index is 2.87. The number of nitrogens with zero attached hydrogens (tertiary/aromatic N) is 8. The van der Waals surface area contributed by atoms with Crippen LogP contribution in [-0.2, 0) is 0 Å². The third-order valence-electron chi connectivity index (χ3n) is 19.0. The average molecular weight is 847 g/mol. The van der Waals surface area contributed by atoms with Crippen molar-refractivity contribution in [2.24, 2.45) is 47.3 Å². The summed E-state index contributed by atoms with van der Waals surface area (Å²) in [6, 6.07) is 3.83. The molecule has 8 nitrogen and oxygen atoms in total. The van der Waals surface area contributed by atoms with E-state index in [2.05, 4.69) is 67.1 Å². The Kier molecular flexibility index (Phi) is 16.5. The summed E-state index contributed by atoms with van der Waals surface area (Å²) in [5.41, 5.74) is 0. The first-order valence-electron chi connectivity index (χ1n) is 27.7. The van der Waals surface area contributed by atoms with E-state index in [0.29, 0.717) is 0 Å². The van der Waals surface area contributed by atoms with Gasteiger partial charge in [-0.05, 0) is 191 Å². The predicted octanol–water partition coefficient (Wildman–Crippen LogP) is 7.64. The monoisotopic (exact) mass is 847 g/mol. The molecule has 12 fully saturated rings. The van der Waals surface area contributed by atoms with Gasteiger partial charge in [0.2, 0.25) is 0 Å². The molecule has 0 radical (unpaired) electrons. The number of piperidine rings is 11. The van der Waals surface area contributed by atoms with Crippen molar-refractivity contribution in [1.82, 2.24) is 39.2 Å². The number of likely N-dealkylation sites (tertiary alicyclic amines) is 4. The molecule has 0 aromatic heterocycles. The number of rotatable bonds is 6. The Morgan fingerprint density at radius 1 is 0.344 bits per heavy atom. The maximum absolute atomic E-state index is 2.87. The summed E-state index contributed by atoms with van der Waals surface area (Å²) in [6.07, 6.45) is 27.8. The van der Waals surface area contributed by atoms with E-state index >= 15 is 0 Å². The van der Waals surface area contributed by atoms with Crippen molar-refractivity contribution in [3.05, 3.63) is 0 Å². The molecule has 12 aliphatic rings. The molecule has 12 saturated heterocycles. The highest BCUT2D eigenvalue weighted by atomic mass is 15.3. The van der Waals surface area contributed by atoms with Crippen LogP contribution in [0.3, 0.4) is 0 Å². The molecule has 0 amide bonds. The molecule has 350 valence electrons. The Balaban J connectivity index is 0.000000105. The molecule has 12 heterocycles. The lowest BCUT2D eigenvalue weighted by molar-refractivity contribution is -0.0718. The summed E-state index contributed by atoms with van der Waals surface area (Å²) in [4.78, 5) is 21.9. The van der Waals surface area contributed by atoms with Gasteiger partial charge < -0.3 is 19.6 Å². The van der Waals surface area contributed by atoms with Crippen molar-refractivity contribution in [3.8, 4) is 0 Å². The average Bonchev–Trinajstić information content (AvgIpc) is 3.74. The fourth-order valence-corrected chi connectivity index (χ4v) is 16.7. The molecule has 8 bridgehead atoms. The summed E-state index contributed by atoms with van der Waals surface area (Å²) in [6.45, 7) is 29.5. The zero-order valence-electron chi connectivity index (χ0n) is 40.7. The summed E-state index contributed by atoms with van der Waals surface area (Å²) in [5.74, 6) is 7.93. The quantitative estimate of drug-likeness (QED) is 0.270. The van der Waals surface area contributed by atoms with Crippen LogP contribution in [0.2, 0.25) is 0 Å². The van der Waals surface area contributed by atoms with Crippen LogP contribution in [0.15, 0.2) is 0 Å². The topological polar surface area (TPSA) is 25.9 Å². The predicted molar refractivity (Wildman–Crippen MR) is 256 cm³/mol. The first-order valence-corrected chi connectivity index (χ1v) is 27.7. The largest absolute Gasteiger partial charge is 0.306 e. The van der Waals surface area contributed by atoms with Gasteiger partial charge in [-0.1, -0.05) is 46.0 Å². The third kappa shape index (κ3) is 11.6. The second-order valence-corrected chi connectivity index (χ2v) is 24.0. The van der Waals surface area contributed by atoms with Gasteiger partial charge in [-0.2, -0.15) is 0 Å². The van der Waals surface area contributed by atoms with Crippen LogP contribution in [0.25, 0.3) is 0 Å². The highest BCUT2D eigenvalue weighted by molar-refractivity contribution is 5.01. The van der Waals surface area contributed by atoms with Crippen molar-refractivity contribution in [3.63, 3.8) is 0 Å². The molecule has 12 rings (SSSR count). The van der Waals surface area contributed by atoms with Crippen molar-refractivity contribution in [1.29, 1.82) is 0 Å². The van der Waals surface area contributed by atoms with E-state index in [1.165, 1.54) is 233 Å². The van der Waals surface area contributed by atoms with Gasteiger partial charge in [-0.3, -0.25) is 19.6 Å². The summed E-state index contributed by atoms with van der Waals surface area (Å²) < 4.78 is 0. The number of unbranched alkanes of at least 4 members (excludes halogenated alkanes) is 2. The summed E-state index contributed by atoms with van der Waals surface area (Å²) in [5, 5.41) is 0. The number of hydrogen-bond acceptors (Lipinski definition) is 8. The third-order valence-corrected chi connectivity index (χ3v) is 19.0. The summed E-state index contributed by atoms with van der Waals surface area (Å²) >= 11 is 0. The van der Waals surface area contributed by atoms with Crippen molar-refractivity contribution >= 4 is 0 Å². The molecular weight excluding hydrogens is 749 g/mol. The minimum atomic E-state index is 0.947. The molecule has 61 heavy (non-hydrogen) atoms. The van der Waals surface area contributed by atoms with Crippen LogP contribution >= 0.6 is 0 Å². The van der Waals surface area contributed by atoms with Crippen LogP contribution < -0.4 is 0 Å². The summed E-state index contributed by atoms with van der Waals surface area (Å²) in [7, 11) is 4.60.